The van der Waals surface area contributed by atoms with Crippen molar-refractivity contribution in [2.45, 2.75) is 39.3 Å². The smallest absolute Gasteiger partial charge is 0.114 e. The summed E-state index contributed by atoms with van der Waals surface area (Å²) < 4.78 is 14.1. The second-order valence-electron chi connectivity index (χ2n) is 4.35. The molecule has 0 amide bonds. The molecule has 0 bridgehead atoms. The Balaban J connectivity index is 2.53. The average Bonchev–Trinajstić information content (AvgIpc) is 2.06. The lowest BCUT2D eigenvalue weighted by molar-refractivity contribution is 0.0362. The molecule has 12 heavy (non-hydrogen) atoms. The van der Waals surface area contributed by atoms with Crippen molar-refractivity contribution in [2.24, 2.45) is 11.8 Å². The summed E-state index contributed by atoms with van der Waals surface area (Å²) in [7, 11) is 0. The van der Waals surface area contributed by atoms with E-state index < -0.39 is 5.67 Å². The van der Waals surface area contributed by atoms with Gasteiger partial charge in [-0.3, -0.25) is 0 Å². The summed E-state index contributed by atoms with van der Waals surface area (Å²) in [4.78, 5) is 0. The van der Waals surface area contributed by atoms with Crippen LogP contribution in [0.2, 0.25) is 0 Å². The van der Waals surface area contributed by atoms with Crippen molar-refractivity contribution >= 4 is 0 Å². The third kappa shape index (κ3) is 1.98. The summed E-state index contributed by atoms with van der Waals surface area (Å²) in [6.45, 7) is 7.59. The number of nitrogens with one attached hydrogen (secondary N) is 1. The number of piperidine rings is 1. The van der Waals surface area contributed by atoms with E-state index >= 15 is 0 Å². The van der Waals surface area contributed by atoms with Gasteiger partial charge in [-0.25, -0.2) is 4.39 Å². The fourth-order valence-electron chi connectivity index (χ4n) is 1.81. The maximum absolute atomic E-state index is 14.1. The molecular formula is C10H20FN. The predicted molar refractivity (Wildman–Crippen MR) is 49.9 cm³/mol. The van der Waals surface area contributed by atoms with E-state index in [1.54, 1.807) is 6.92 Å². The zero-order valence-electron chi connectivity index (χ0n) is 8.36. The van der Waals surface area contributed by atoms with Crippen LogP contribution in [0, 0.1) is 11.8 Å². The fraction of sp³-hybridized carbons (Fsp3) is 1.00. The molecule has 72 valence electrons. The Morgan fingerprint density at radius 3 is 2.58 bits per heavy atom. The van der Waals surface area contributed by atoms with Gasteiger partial charge < -0.3 is 5.32 Å². The standard InChI is InChI=1S/C10H20FN/c1-8(2)10(3,11)9-5-4-6-12-7-9/h8-9,12H,4-7H2,1-3H3. The highest BCUT2D eigenvalue weighted by Crippen LogP contribution is 2.33. The van der Waals surface area contributed by atoms with Gasteiger partial charge in [0.15, 0.2) is 0 Å². The molecule has 1 rings (SSSR count). The van der Waals surface area contributed by atoms with Crippen molar-refractivity contribution in [3.05, 3.63) is 0 Å². The minimum Gasteiger partial charge on any atom is -0.316 e. The minimum absolute atomic E-state index is 0.127. The van der Waals surface area contributed by atoms with Crippen molar-refractivity contribution in [1.82, 2.24) is 5.32 Å². The minimum atomic E-state index is -0.993. The first-order valence-corrected chi connectivity index (χ1v) is 4.94. The summed E-state index contributed by atoms with van der Waals surface area (Å²) >= 11 is 0. The van der Waals surface area contributed by atoms with Crippen LogP contribution < -0.4 is 5.32 Å². The molecule has 0 aromatic heterocycles. The Labute approximate surface area is 74.7 Å². The molecule has 0 aromatic rings. The zero-order chi connectivity index (χ0) is 9.19. The van der Waals surface area contributed by atoms with Gasteiger partial charge in [0.1, 0.15) is 5.67 Å². The van der Waals surface area contributed by atoms with E-state index in [-0.39, 0.29) is 11.8 Å². The van der Waals surface area contributed by atoms with Gasteiger partial charge in [-0.1, -0.05) is 13.8 Å². The van der Waals surface area contributed by atoms with Crippen LogP contribution in [0.5, 0.6) is 0 Å². The zero-order valence-corrected chi connectivity index (χ0v) is 8.36. The van der Waals surface area contributed by atoms with Gasteiger partial charge >= 0.3 is 0 Å². The first-order valence-electron chi connectivity index (χ1n) is 4.94. The molecule has 2 heteroatoms. The Morgan fingerprint density at radius 1 is 1.50 bits per heavy atom. The molecule has 0 aliphatic carbocycles. The molecular weight excluding hydrogens is 153 g/mol. The topological polar surface area (TPSA) is 12.0 Å². The van der Waals surface area contributed by atoms with E-state index in [4.69, 9.17) is 0 Å². The van der Waals surface area contributed by atoms with Gasteiger partial charge in [-0.05, 0) is 32.2 Å². The molecule has 1 heterocycles. The lowest BCUT2D eigenvalue weighted by Crippen LogP contribution is -2.44. The normalized spacial score (nSPS) is 30.2. The van der Waals surface area contributed by atoms with Crippen LogP contribution in [-0.2, 0) is 0 Å². The third-order valence-corrected chi connectivity index (χ3v) is 3.22. The van der Waals surface area contributed by atoms with E-state index in [9.17, 15) is 4.39 Å². The van der Waals surface area contributed by atoms with Crippen molar-refractivity contribution < 1.29 is 4.39 Å². The van der Waals surface area contributed by atoms with Crippen LogP contribution >= 0.6 is 0 Å². The molecule has 1 aliphatic rings. The summed E-state index contributed by atoms with van der Waals surface area (Å²) in [6, 6.07) is 0. The van der Waals surface area contributed by atoms with Crippen LogP contribution in [0.1, 0.15) is 33.6 Å². The molecule has 0 saturated carbocycles. The molecule has 2 atom stereocenters. The van der Waals surface area contributed by atoms with Gasteiger partial charge in [0.05, 0.1) is 0 Å². The fourth-order valence-corrected chi connectivity index (χ4v) is 1.81. The average molecular weight is 173 g/mol. The molecule has 1 N–H and O–H groups in total. The van der Waals surface area contributed by atoms with Gasteiger partial charge in [0, 0.05) is 12.5 Å². The van der Waals surface area contributed by atoms with Gasteiger partial charge in [0.25, 0.3) is 0 Å². The van der Waals surface area contributed by atoms with Crippen LogP contribution in [0.15, 0.2) is 0 Å². The molecule has 1 nitrogen and oxygen atoms in total. The SMILES string of the molecule is CC(C)C(C)(F)C1CCCNC1. The van der Waals surface area contributed by atoms with Crippen LogP contribution in [0.3, 0.4) is 0 Å². The summed E-state index contributed by atoms with van der Waals surface area (Å²) in [6.07, 6.45) is 2.16. The number of hydrogen-bond donors (Lipinski definition) is 1. The molecule has 1 saturated heterocycles. The van der Waals surface area contributed by atoms with Crippen LogP contribution in [-0.4, -0.2) is 18.8 Å². The van der Waals surface area contributed by atoms with E-state index in [1.165, 1.54) is 0 Å². The molecule has 1 aliphatic heterocycles. The van der Waals surface area contributed by atoms with Crippen molar-refractivity contribution in [3.8, 4) is 0 Å². The summed E-state index contributed by atoms with van der Waals surface area (Å²) in [5, 5.41) is 3.26. The maximum Gasteiger partial charge on any atom is 0.114 e. The highest BCUT2D eigenvalue weighted by Gasteiger charge is 2.37. The van der Waals surface area contributed by atoms with E-state index in [2.05, 4.69) is 5.32 Å². The number of alkyl halides is 1. The van der Waals surface area contributed by atoms with E-state index in [0.717, 1.165) is 25.9 Å². The highest BCUT2D eigenvalue weighted by molar-refractivity contribution is 4.88. The first kappa shape index (κ1) is 9.97. The summed E-state index contributed by atoms with van der Waals surface area (Å²) in [5.74, 6) is 0.341. The second-order valence-corrected chi connectivity index (χ2v) is 4.35. The molecule has 0 aromatic carbocycles. The van der Waals surface area contributed by atoms with Crippen LogP contribution in [0.25, 0.3) is 0 Å². The Morgan fingerprint density at radius 2 is 2.17 bits per heavy atom. The second kappa shape index (κ2) is 3.73. The first-order chi connectivity index (χ1) is 5.55. The van der Waals surface area contributed by atoms with E-state index in [1.807, 2.05) is 13.8 Å². The monoisotopic (exact) mass is 173 g/mol. The Bertz CT molecular complexity index is 137. The van der Waals surface area contributed by atoms with Gasteiger partial charge in [-0.2, -0.15) is 0 Å². The maximum atomic E-state index is 14.1. The number of rotatable bonds is 2. The largest absolute Gasteiger partial charge is 0.316 e. The number of hydrogen-bond acceptors (Lipinski definition) is 1. The van der Waals surface area contributed by atoms with E-state index in [0.29, 0.717) is 0 Å². The van der Waals surface area contributed by atoms with Crippen molar-refractivity contribution in [2.75, 3.05) is 13.1 Å². The molecule has 2 unspecified atom stereocenters. The Kier molecular flexibility index (Phi) is 3.10. The van der Waals surface area contributed by atoms with Crippen molar-refractivity contribution in [1.29, 1.82) is 0 Å². The lowest BCUT2D eigenvalue weighted by Gasteiger charge is -2.36. The molecule has 0 radical (unpaired) electrons. The Hall–Kier alpha value is -0.110. The molecule has 0 spiro atoms. The molecule has 1 fully saturated rings. The lowest BCUT2D eigenvalue weighted by atomic mass is 9.78. The van der Waals surface area contributed by atoms with Crippen LogP contribution in [0.4, 0.5) is 4.39 Å². The number of halogens is 1. The van der Waals surface area contributed by atoms with Crippen molar-refractivity contribution in [3.63, 3.8) is 0 Å². The summed E-state index contributed by atoms with van der Waals surface area (Å²) in [5.41, 5.74) is -0.993. The van der Waals surface area contributed by atoms with Gasteiger partial charge in [-0.15, -0.1) is 0 Å². The third-order valence-electron chi connectivity index (χ3n) is 3.22. The predicted octanol–water partition coefficient (Wildman–Crippen LogP) is 2.37. The highest BCUT2D eigenvalue weighted by atomic mass is 19.1. The van der Waals surface area contributed by atoms with Gasteiger partial charge in [0.2, 0.25) is 0 Å². The quantitative estimate of drug-likeness (QED) is 0.676.